The molecular weight excluding hydrogens is 470 g/mol. The molecule has 0 aliphatic rings. The van der Waals surface area contributed by atoms with Crippen LogP contribution in [-0.4, -0.2) is 13.0 Å². The zero-order valence-corrected chi connectivity index (χ0v) is 18.2. The maximum Gasteiger partial charge on any atom is 0.239 e. The van der Waals surface area contributed by atoms with Crippen LogP contribution in [0.4, 0.5) is 5.69 Å². The van der Waals surface area contributed by atoms with Gasteiger partial charge in [0.15, 0.2) is 4.80 Å². The lowest BCUT2D eigenvalue weighted by Gasteiger charge is -2.09. The minimum atomic E-state index is -3.91. The van der Waals surface area contributed by atoms with Gasteiger partial charge < -0.3 is 4.57 Å². The standard InChI is InChI=1S/C18H16ClN3O2S2.BrH/c1-2-10-22-16(12-25-18(22)21-14-6-4-3-5-7-14)13-8-9-15(19)17(11-13)26(20,23)24;/h2-9,11-12H,1,10H2,(H2,20,23,24);1H. The predicted octanol–water partition coefficient (Wildman–Crippen LogP) is 4.51. The highest BCUT2D eigenvalue weighted by Gasteiger charge is 2.16. The number of benzene rings is 2. The largest absolute Gasteiger partial charge is 0.313 e. The zero-order chi connectivity index (χ0) is 18.7. The van der Waals surface area contributed by atoms with Crippen molar-refractivity contribution in [3.05, 3.63) is 76.4 Å². The fraction of sp³-hybridized carbons (Fsp3) is 0.0556. The van der Waals surface area contributed by atoms with Crippen molar-refractivity contribution < 1.29 is 8.42 Å². The van der Waals surface area contributed by atoms with E-state index in [2.05, 4.69) is 11.6 Å². The van der Waals surface area contributed by atoms with E-state index in [4.69, 9.17) is 16.7 Å². The molecule has 0 bridgehead atoms. The fourth-order valence-corrected chi connectivity index (χ4v) is 4.46. The Morgan fingerprint density at radius 1 is 1.22 bits per heavy atom. The van der Waals surface area contributed by atoms with E-state index >= 15 is 0 Å². The Balaban J connectivity index is 0.00000261. The Hall–Kier alpha value is -1.71. The summed E-state index contributed by atoms with van der Waals surface area (Å²) in [5, 5.41) is 7.27. The van der Waals surface area contributed by atoms with Crippen LogP contribution >= 0.6 is 39.9 Å². The van der Waals surface area contributed by atoms with Gasteiger partial charge in [0.2, 0.25) is 10.0 Å². The minimum absolute atomic E-state index is 0. The van der Waals surface area contributed by atoms with Crippen LogP contribution in [0.1, 0.15) is 0 Å². The Labute approximate surface area is 177 Å². The van der Waals surface area contributed by atoms with Crippen LogP contribution in [0, 0.1) is 0 Å². The quantitative estimate of drug-likeness (QED) is 0.538. The number of para-hydroxylation sites is 1. The van der Waals surface area contributed by atoms with Crippen molar-refractivity contribution in [3.63, 3.8) is 0 Å². The van der Waals surface area contributed by atoms with Gasteiger partial charge >= 0.3 is 0 Å². The predicted molar refractivity (Wildman–Crippen MR) is 116 cm³/mol. The van der Waals surface area contributed by atoms with Crippen molar-refractivity contribution in [3.8, 4) is 11.3 Å². The molecule has 0 fully saturated rings. The Kier molecular flexibility index (Phi) is 7.19. The second-order valence-corrected chi connectivity index (χ2v) is 8.21. The normalized spacial score (nSPS) is 11.9. The molecule has 1 heterocycles. The van der Waals surface area contributed by atoms with E-state index in [9.17, 15) is 8.42 Å². The van der Waals surface area contributed by atoms with Crippen molar-refractivity contribution in [2.75, 3.05) is 0 Å². The highest BCUT2D eigenvalue weighted by atomic mass is 79.9. The smallest absolute Gasteiger partial charge is 0.239 e. The first-order chi connectivity index (χ1) is 12.4. The second-order valence-electron chi connectivity index (χ2n) is 5.44. The first-order valence-corrected chi connectivity index (χ1v) is 10.4. The van der Waals surface area contributed by atoms with Crippen LogP contribution in [0.15, 0.2) is 76.5 Å². The van der Waals surface area contributed by atoms with Gasteiger partial charge in [0.05, 0.1) is 16.4 Å². The van der Waals surface area contributed by atoms with Gasteiger partial charge in [0, 0.05) is 17.5 Å². The lowest BCUT2D eigenvalue weighted by Crippen LogP contribution is -2.15. The van der Waals surface area contributed by atoms with E-state index in [-0.39, 0.29) is 26.9 Å². The van der Waals surface area contributed by atoms with Crippen molar-refractivity contribution in [2.45, 2.75) is 11.4 Å². The van der Waals surface area contributed by atoms with Gasteiger partial charge in [-0.15, -0.1) is 34.9 Å². The SMILES string of the molecule is Br.C=CCn1c(-c2ccc(Cl)c(S(N)(=O)=O)c2)csc1=Nc1ccccc1. The lowest BCUT2D eigenvalue weighted by atomic mass is 10.2. The number of nitrogens with two attached hydrogens (primary N) is 1. The number of primary sulfonamides is 1. The summed E-state index contributed by atoms with van der Waals surface area (Å²) in [4.78, 5) is 5.33. The summed E-state index contributed by atoms with van der Waals surface area (Å²) in [6.07, 6.45) is 1.76. The molecule has 142 valence electrons. The third-order valence-electron chi connectivity index (χ3n) is 3.62. The molecule has 3 aromatic rings. The van der Waals surface area contributed by atoms with E-state index in [0.717, 1.165) is 16.2 Å². The number of sulfonamides is 1. The minimum Gasteiger partial charge on any atom is -0.313 e. The summed E-state index contributed by atoms with van der Waals surface area (Å²) in [5.41, 5.74) is 2.33. The molecule has 0 atom stereocenters. The maximum absolute atomic E-state index is 11.7. The Morgan fingerprint density at radius 3 is 2.56 bits per heavy atom. The van der Waals surface area contributed by atoms with Crippen LogP contribution < -0.4 is 9.94 Å². The molecule has 2 N–H and O–H groups in total. The average molecular weight is 487 g/mol. The Morgan fingerprint density at radius 2 is 1.93 bits per heavy atom. The molecule has 1 aromatic heterocycles. The highest BCUT2D eigenvalue weighted by molar-refractivity contribution is 8.93. The molecular formula is C18H17BrClN3O2S2. The summed E-state index contributed by atoms with van der Waals surface area (Å²) in [7, 11) is -3.91. The lowest BCUT2D eigenvalue weighted by molar-refractivity contribution is 0.598. The van der Waals surface area contributed by atoms with Crippen molar-refractivity contribution in [2.24, 2.45) is 10.1 Å². The van der Waals surface area contributed by atoms with Crippen LogP contribution in [0.5, 0.6) is 0 Å². The van der Waals surface area contributed by atoms with Gasteiger partial charge in [0.1, 0.15) is 4.90 Å². The maximum atomic E-state index is 11.7. The summed E-state index contributed by atoms with van der Waals surface area (Å²) in [6, 6.07) is 14.4. The second kappa shape index (κ2) is 8.99. The molecule has 0 aliphatic heterocycles. The van der Waals surface area contributed by atoms with E-state index < -0.39 is 10.0 Å². The van der Waals surface area contributed by atoms with Crippen molar-refractivity contribution >= 4 is 55.6 Å². The van der Waals surface area contributed by atoms with E-state index in [1.54, 1.807) is 12.1 Å². The average Bonchev–Trinajstić information content (AvgIpc) is 2.98. The first kappa shape index (κ1) is 21.6. The Bertz CT molecular complexity index is 1120. The van der Waals surface area contributed by atoms with Gasteiger partial charge in [-0.2, -0.15) is 0 Å². The van der Waals surface area contributed by atoms with E-state index in [1.165, 1.54) is 23.5 Å². The number of aromatic nitrogens is 1. The molecule has 2 aromatic carbocycles. The summed E-state index contributed by atoms with van der Waals surface area (Å²) < 4.78 is 25.5. The number of hydrogen-bond acceptors (Lipinski definition) is 4. The van der Waals surface area contributed by atoms with Crippen LogP contribution in [0.3, 0.4) is 0 Å². The van der Waals surface area contributed by atoms with Crippen LogP contribution in [-0.2, 0) is 16.6 Å². The van der Waals surface area contributed by atoms with Gasteiger partial charge in [-0.1, -0.05) is 41.9 Å². The van der Waals surface area contributed by atoms with E-state index in [0.29, 0.717) is 12.1 Å². The molecule has 27 heavy (non-hydrogen) atoms. The number of rotatable bonds is 5. The van der Waals surface area contributed by atoms with E-state index in [1.807, 2.05) is 40.3 Å². The first-order valence-electron chi connectivity index (χ1n) is 7.62. The highest BCUT2D eigenvalue weighted by Crippen LogP contribution is 2.28. The molecule has 0 aliphatic carbocycles. The number of thiazole rings is 1. The summed E-state index contributed by atoms with van der Waals surface area (Å²) in [5.74, 6) is 0. The van der Waals surface area contributed by atoms with Gasteiger partial charge in [0.25, 0.3) is 0 Å². The number of nitrogens with zero attached hydrogens (tertiary/aromatic N) is 2. The van der Waals surface area contributed by atoms with Crippen LogP contribution in [0.25, 0.3) is 11.3 Å². The molecule has 0 unspecified atom stereocenters. The molecule has 5 nitrogen and oxygen atoms in total. The molecule has 0 spiro atoms. The molecule has 0 amide bonds. The third-order valence-corrected chi connectivity index (χ3v) is 5.88. The zero-order valence-electron chi connectivity index (χ0n) is 14.1. The van der Waals surface area contributed by atoms with Crippen molar-refractivity contribution in [1.29, 1.82) is 0 Å². The van der Waals surface area contributed by atoms with Gasteiger partial charge in [-0.05, 0) is 24.3 Å². The summed E-state index contributed by atoms with van der Waals surface area (Å²) >= 11 is 7.44. The van der Waals surface area contributed by atoms with Crippen molar-refractivity contribution in [1.82, 2.24) is 4.57 Å². The molecule has 9 heteroatoms. The molecule has 3 rings (SSSR count). The number of allylic oxidation sites excluding steroid dienone is 1. The third kappa shape index (κ3) is 4.97. The van der Waals surface area contributed by atoms with Crippen LogP contribution in [0.2, 0.25) is 5.02 Å². The van der Waals surface area contributed by atoms with Gasteiger partial charge in [-0.25, -0.2) is 18.5 Å². The molecule has 0 saturated carbocycles. The molecule has 0 radical (unpaired) electrons. The fourth-order valence-electron chi connectivity index (χ4n) is 2.45. The molecule has 0 saturated heterocycles. The van der Waals surface area contributed by atoms with Gasteiger partial charge in [-0.3, -0.25) is 0 Å². The number of hydrogen-bond donors (Lipinski definition) is 1. The summed E-state index contributed by atoms with van der Waals surface area (Å²) in [6.45, 7) is 4.32. The number of halogens is 2. The monoisotopic (exact) mass is 485 g/mol. The topological polar surface area (TPSA) is 77.5 Å².